The molecule has 2 aromatic heterocycles. The number of benzene rings is 2. The van der Waals surface area contributed by atoms with Gasteiger partial charge < -0.3 is 9.80 Å². The second-order valence-corrected chi connectivity index (χ2v) is 7.47. The van der Waals surface area contributed by atoms with Crippen molar-refractivity contribution < 1.29 is 4.79 Å². The van der Waals surface area contributed by atoms with Crippen LogP contribution >= 0.6 is 0 Å². The van der Waals surface area contributed by atoms with Gasteiger partial charge in [-0.3, -0.25) is 14.6 Å². The van der Waals surface area contributed by atoms with Crippen LogP contribution in [0.1, 0.15) is 11.3 Å². The number of carbonyl (C=O) groups excluding carboxylic acids is 1. The Kier molecular flexibility index (Phi) is 5.75. The van der Waals surface area contributed by atoms with Gasteiger partial charge in [0.1, 0.15) is 0 Å². The highest BCUT2D eigenvalue weighted by atomic mass is 16.2. The number of aromatic amines is 1. The van der Waals surface area contributed by atoms with Gasteiger partial charge in [-0.1, -0.05) is 18.2 Å². The first-order chi connectivity index (χ1) is 15.0. The summed E-state index contributed by atoms with van der Waals surface area (Å²) in [6.45, 7) is 0.407. The Morgan fingerprint density at radius 3 is 2.23 bits per heavy atom. The number of hydrogen-bond donors (Lipinski definition) is 1. The molecule has 2 aromatic carbocycles. The number of nitrogens with one attached hydrogen (secondary N) is 1. The summed E-state index contributed by atoms with van der Waals surface area (Å²) < 4.78 is 0. The highest BCUT2D eigenvalue weighted by molar-refractivity contribution is 5.97. The molecule has 156 valence electrons. The topological polar surface area (TPSA) is 82.2 Å². The number of pyridine rings is 1. The number of hydrogen-bond acceptors (Lipinski definition) is 5. The van der Waals surface area contributed by atoms with Crippen molar-refractivity contribution in [1.82, 2.24) is 15.2 Å². The molecule has 31 heavy (non-hydrogen) atoms. The van der Waals surface area contributed by atoms with Gasteiger partial charge in [-0.25, -0.2) is 5.10 Å². The smallest absolute Gasteiger partial charge is 0.272 e. The minimum Gasteiger partial charge on any atom is -0.378 e. The van der Waals surface area contributed by atoms with Gasteiger partial charge in [0.25, 0.3) is 5.56 Å². The van der Waals surface area contributed by atoms with Crippen LogP contribution in [0.5, 0.6) is 0 Å². The van der Waals surface area contributed by atoms with Gasteiger partial charge in [-0.2, -0.15) is 5.10 Å². The first kappa shape index (κ1) is 20.3. The second-order valence-electron chi connectivity index (χ2n) is 7.47. The van der Waals surface area contributed by atoms with Crippen molar-refractivity contribution in [2.75, 3.05) is 23.9 Å². The van der Waals surface area contributed by atoms with Crippen molar-refractivity contribution in [3.8, 4) is 0 Å². The Bertz CT molecular complexity index is 1250. The van der Waals surface area contributed by atoms with Gasteiger partial charge in [0, 0.05) is 43.3 Å². The Morgan fingerprint density at radius 2 is 1.55 bits per heavy atom. The van der Waals surface area contributed by atoms with E-state index in [-0.39, 0.29) is 17.9 Å². The molecule has 4 rings (SSSR count). The quantitative estimate of drug-likeness (QED) is 0.525. The molecular formula is C24H23N5O2. The fourth-order valence-corrected chi connectivity index (χ4v) is 3.47. The van der Waals surface area contributed by atoms with Crippen molar-refractivity contribution in [1.29, 1.82) is 0 Å². The van der Waals surface area contributed by atoms with E-state index in [0.717, 1.165) is 16.9 Å². The van der Waals surface area contributed by atoms with Gasteiger partial charge in [0.15, 0.2) is 0 Å². The standard InChI is InChI=1S/C24H23N5O2/c1-28(2)18-7-9-19(10-8-18)29(16-17-11-13-25-14-12-17)23(30)15-22-20-5-3-4-6-21(20)24(31)27-26-22/h3-14H,15-16H2,1-2H3,(H,27,31). The van der Waals surface area contributed by atoms with E-state index in [2.05, 4.69) is 15.2 Å². The van der Waals surface area contributed by atoms with E-state index < -0.39 is 0 Å². The van der Waals surface area contributed by atoms with Crippen molar-refractivity contribution in [2.24, 2.45) is 0 Å². The monoisotopic (exact) mass is 413 g/mol. The minimum atomic E-state index is -0.264. The van der Waals surface area contributed by atoms with Crippen molar-refractivity contribution in [2.45, 2.75) is 13.0 Å². The van der Waals surface area contributed by atoms with Gasteiger partial charge >= 0.3 is 0 Å². The molecule has 0 radical (unpaired) electrons. The molecule has 7 heteroatoms. The van der Waals surface area contributed by atoms with Crippen LogP contribution in [0.4, 0.5) is 11.4 Å². The molecule has 0 saturated carbocycles. The lowest BCUT2D eigenvalue weighted by Crippen LogP contribution is -2.32. The fourth-order valence-electron chi connectivity index (χ4n) is 3.47. The Morgan fingerprint density at radius 1 is 0.903 bits per heavy atom. The second kappa shape index (κ2) is 8.79. The van der Waals surface area contributed by atoms with Gasteiger partial charge in [0.2, 0.25) is 5.91 Å². The first-order valence-electron chi connectivity index (χ1n) is 9.96. The minimum absolute atomic E-state index is 0.0673. The molecule has 7 nitrogen and oxygen atoms in total. The van der Waals surface area contributed by atoms with E-state index >= 15 is 0 Å². The summed E-state index contributed by atoms with van der Waals surface area (Å²) in [5, 5.41) is 7.88. The summed E-state index contributed by atoms with van der Waals surface area (Å²) in [7, 11) is 3.95. The molecule has 0 fully saturated rings. The molecule has 0 aliphatic carbocycles. The average Bonchev–Trinajstić information content (AvgIpc) is 2.80. The number of aromatic nitrogens is 3. The maximum Gasteiger partial charge on any atom is 0.272 e. The maximum atomic E-state index is 13.4. The summed E-state index contributed by atoms with van der Waals surface area (Å²) in [4.78, 5) is 33.3. The van der Waals surface area contributed by atoms with E-state index in [1.807, 2.05) is 67.5 Å². The maximum absolute atomic E-state index is 13.4. The van der Waals surface area contributed by atoms with Crippen LogP contribution in [0.3, 0.4) is 0 Å². The van der Waals surface area contributed by atoms with E-state index in [9.17, 15) is 9.59 Å². The predicted molar refractivity (Wildman–Crippen MR) is 122 cm³/mol. The zero-order valence-electron chi connectivity index (χ0n) is 17.4. The highest BCUT2D eigenvalue weighted by Crippen LogP contribution is 2.23. The molecule has 2 heterocycles. The van der Waals surface area contributed by atoms with Gasteiger partial charge in [0.05, 0.1) is 24.0 Å². The Labute approximate surface area is 180 Å². The van der Waals surface area contributed by atoms with Gasteiger partial charge in [-0.05, 0) is 48.0 Å². The summed E-state index contributed by atoms with van der Waals surface area (Å²) in [6, 6.07) is 18.8. The third kappa shape index (κ3) is 4.45. The summed E-state index contributed by atoms with van der Waals surface area (Å²) in [5.74, 6) is -0.112. The largest absolute Gasteiger partial charge is 0.378 e. The van der Waals surface area contributed by atoms with E-state index in [0.29, 0.717) is 23.0 Å². The van der Waals surface area contributed by atoms with Crippen LogP contribution in [0.25, 0.3) is 10.8 Å². The molecule has 0 spiro atoms. The number of rotatable bonds is 6. The number of carbonyl (C=O) groups is 1. The molecule has 1 N–H and O–H groups in total. The molecule has 0 unspecified atom stereocenters. The highest BCUT2D eigenvalue weighted by Gasteiger charge is 2.19. The molecule has 1 amide bonds. The van der Waals surface area contributed by atoms with E-state index in [4.69, 9.17) is 0 Å². The molecule has 0 aliphatic rings. The fraction of sp³-hybridized carbons (Fsp3) is 0.167. The van der Waals surface area contributed by atoms with Crippen LogP contribution < -0.4 is 15.4 Å². The molecular weight excluding hydrogens is 390 g/mol. The van der Waals surface area contributed by atoms with Crippen molar-refractivity contribution in [3.63, 3.8) is 0 Å². The summed E-state index contributed by atoms with van der Waals surface area (Å²) in [6.07, 6.45) is 3.49. The van der Waals surface area contributed by atoms with Gasteiger partial charge in [-0.15, -0.1) is 0 Å². The molecule has 4 aromatic rings. The van der Waals surface area contributed by atoms with Crippen molar-refractivity contribution in [3.05, 3.63) is 94.7 Å². The lowest BCUT2D eigenvalue weighted by molar-refractivity contribution is -0.118. The molecule has 0 atom stereocenters. The van der Waals surface area contributed by atoms with Crippen LogP contribution in [0.2, 0.25) is 0 Å². The lowest BCUT2D eigenvalue weighted by atomic mass is 10.1. The molecule has 0 aliphatic heterocycles. The SMILES string of the molecule is CN(C)c1ccc(N(Cc2ccncc2)C(=O)Cc2n[nH]c(=O)c3ccccc23)cc1. The zero-order valence-corrected chi connectivity index (χ0v) is 17.4. The number of amides is 1. The van der Waals surface area contributed by atoms with Crippen LogP contribution in [0, 0.1) is 0 Å². The normalized spacial score (nSPS) is 10.8. The third-order valence-corrected chi connectivity index (χ3v) is 5.16. The number of H-pyrrole nitrogens is 1. The first-order valence-corrected chi connectivity index (χ1v) is 9.96. The van der Waals surface area contributed by atoms with Crippen LogP contribution in [-0.2, 0) is 17.8 Å². The summed E-state index contributed by atoms with van der Waals surface area (Å²) >= 11 is 0. The number of fused-ring (bicyclic) bond motifs is 1. The Hall–Kier alpha value is -4.00. The number of nitrogens with zero attached hydrogens (tertiary/aromatic N) is 4. The van der Waals surface area contributed by atoms with Crippen LogP contribution in [-0.4, -0.2) is 35.2 Å². The van der Waals surface area contributed by atoms with E-state index in [1.54, 1.807) is 29.4 Å². The average molecular weight is 413 g/mol. The van der Waals surface area contributed by atoms with E-state index in [1.165, 1.54) is 0 Å². The predicted octanol–water partition coefficient (Wildman–Crippen LogP) is 3.16. The Balaban J connectivity index is 1.69. The molecule has 0 saturated heterocycles. The third-order valence-electron chi connectivity index (χ3n) is 5.16. The summed E-state index contributed by atoms with van der Waals surface area (Å²) in [5.41, 5.74) is 3.10. The molecule has 0 bridgehead atoms. The number of anilines is 2. The lowest BCUT2D eigenvalue weighted by Gasteiger charge is -2.24. The van der Waals surface area contributed by atoms with Crippen molar-refractivity contribution >= 4 is 28.1 Å². The zero-order chi connectivity index (χ0) is 21.8. The van der Waals surface area contributed by atoms with Crippen LogP contribution in [0.15, 0.2) is 77.9 Å².